The minimum atomic E-state index is -0.762. The molecule has 1 aliphatic rings. The Morgan fingerprint density at radius 1 is 1.25 bits per heavy atom. The number of rotatable bonds is 7. The molecule has 0 unspecified atom stereocenters. The highest BCUT2D eigenvalue weighted by Gasteiger charge is 2.28. The van der Waals surface area contributed by atoms with Crippen molar-refractivity contribution >= 4 is 33.4 Å². The lowest BCUT2D eigenvalue weighted by atomic mass is 9.95. The van der Waals surface area contributed by atoms with Crippen molar-refractivity contribution in [1.82, 2.24) is 0 Å². The number of halogens is 1. The molecule has 1 rings (SSSR count). The van der Waals surface area contributed by atoms with Crippen LogP contribution in [0.3, 0.4) is 0 Å². The maximum Gasteiger partial charge on any atom is 0.364 e. The number of esters is 1. The summed E-state index contributed by atoms with van der Waals surface area (Å²) < 4.78 is 10.1. The van der Waals surface area contributed by atoms with E-state index in [1.807, 2.05) is 0 Å². The fraction of sp³-hybridized carbons (Fsp3) is 0.769. The van der Waals surface area contributed by atoms with Crippen LogP contribution in [-0.4, -0.2) is 48.7 Å². The fourth-order valence-corrected chi connectivity index (χ4v) is 2.30. The van der Waals surface area contributed by atoms with E-state index in [0.29, 0.717) is 0 Å². The van der Waals surface area contributed by atoms with Gasteiger partial charge in [0.25, 0.3) is 0 Å². The minimum Gasteiger partial charge on any atom is -0.461 e. The second kappa shape index (κ2) is 9.07. The zero-order chi connectivity index (χ0) is 15.0. The van der Waals surface area contributed by atoms with Crippen LogP contribution in [0.2, 0.25) is 0 Å². The zero-order valence-corrected chi connectivity index (χ0v) is 13.3. The van der Waals surface area contributed by atoms with Gasteiger partial charge < -0.3 is 14.3 Å². The van der Waals surface area contributed by atoms with E-state index < -0.39 is 11.8 Å². The highest BCUT2D eigenvalue weighted by molar-refractivity contribution is 9.09. The third-order valence-corrected chi connectivity index (χ3v) is 3.59. The van der Waals surface area contributed by atoms with Gasteiger partial charge in [-0.3, -0.25) is 4.79 Å². The standard InChI is InChI=1S/C13H20BrNO5/c1-3-19-13(17)12(9(16)8-14)15-20-11-7-5-4-6-10(11)18-2/h10-11H,3-8H2,1-2H3/b15-12-/t10-,11-/m1/s1. The molecular weight excluding hydrogens is 330 g/mol. The lowest BCUT2D eigenvalue weighted by molar-refractivity contribution is -0.136. The first-order valence-electron chi connectivity index (χ1n) is 6.66. The van der Waals surface area contributed by atoms with Crippen LogP contribution in [0.5, 0.6) is 0 Å². The number of oxime groups is 1. The Balaban J connectivity index is 2.74. The van der Waals surface area contributed by atoms with Crippen LogP contribution in [0.1, 0.15) is 32.6 Å². The number of carbonyl (C=O) groups excluding carboxylic acids is 2. The molecule has 1 saturated carbocycles. The van der Waals surface area contributed by atoms with Crippen molar-refractivity contribution in [3.63, 3.8) is 0 Å². The first kappa shape index (κ1) is 17.1. The Morgan fingerprint density at radius 2 is 1.90 bits per heavy atom. The van der Waals surface area contributed by atoms with Crippen molar-refractivity contribution in [3.05, 3.63) is 0 Å². The molecule has 0 amide bonds. The SMILES string of the molecule is CCOC(=O)/C(=N\O[C@@H]1CCCC[C@H]1OC)C(=O)CBr. The molecule has 1 aliphatic carbocycles. The lowest BCUT2D eigenvalue weighted by Crippen LogP contribution is -2.34. The molecule has 0 aliphatic heterocycles. The van der Waals surface area contributed by atoms with Crippen LogP contribution < -0.4 is 0 Å². The molecule has 0 heterocycles. The summed E-state index contributed by atoms with van der Waals surface area (Å²) in [4.78, 5) is 28.7. The largest absolute Gasteiger partial charge is 0.461 e. The monoisotopic (exact) mass is 349 g/mol. The van der Waals surface area contributed by atoms with E-state index in [2.05, 4.69) is 21.1 Å². The average Bonchev–Trinajstić information content (AvgIpc) is 2.47. The Labute approximate surface area is 126 Å². The van der Waals surface area contributed by atoms with Crippen LogP contribution in [0.25, 0.3) is 0 Å². The molecule has 0 aromatic heterocycles. The van der Waals surface area contributed by atoms with E-state index in [-0.39, 0.29) is 29.9 Å². The molecule has 0 bridgehead atoms. The Hall–Kier alpha value is -0.950. The maximum absolute atomic E-state index is 11.7. The minimum absolute atomic E-state index is 0.00756. The van der Waals surface area contributed by atoms with Gasteiger partial charge in [-0.1, -0.05) is 27.5 Å². The molecule has 1 fully saturated rings. The number of ether oxygens (including phenoxy) is 2. The molecule has 6 nitrogen and oxygen atoms in total. The molecule has 0 N–H and O–H groups in total. The molecule has 0 aromatic carbocycles. The van der Waals surface area contributed by atoms with Crippen LogP contribution in [0.15, 0.2) is 5.16 Å². The molecule has 0 spiro atoms. The van der Waals surface area contributed by atoms with Crippen LogP contribution >= 0.6 is 15.9 Å². The van der Waals surface area contributed by atoms with Crippen LogP contribution in [-0.2, 0) is 23.9 Å². The van der Waals surface area contributed by atoms with Gasteiger partial charge in [-0.2, -0.15) is 0 Å². The highest BCUT2D eigenvalue weighted by atomic mass is 79.9. The normalized spacial score (nSPS) is 23.2. The average molecular weight is 350 g/mol. The summed E-state index contributed by atoms with van der Waals surface area (Å²) >= 11 is 3.01. The molecule has 2 atom stereocenters. The van der Waals surface area contributed by atoms with Crippen molar-refractivity contribution < 1.29 is 23.9 Å². The number of Topliss-reactive ketones (excluding diaryl/α,β-unsaturated/α-hetero) is 1. The summed E-state index contributed by atoms with van der Waals surface area (Å²) in [6.07, 6.45) is 3.48. The van der Waals surface area contributed by atoms with E-state index in [1.165, 1.54) is 0 Å². The molecular formula is C13H20BrNO5. The molecule has 114 valence electrons. The van der Waals surface area contributed by atoms with Gasteiger partial charge in [0.05, 0.1) is 18.0 Å². The van der Waals surface area contributed by atoms with Gasteiger partial charge in [0, 0.05) is 7.11 Å². The molecule has 0 radical (unpaired) electrons. The summed E-state index contributed by atoms with van der Waals surface area (Å²) in [7, 11) is 1.62. The van der Waals surface area contributed by atoms with Gasteiger partial charge in [0.2, 0.25) is 11.5 Å². The Bertz CT molecular complexity index is 372. The summed E-state index contributed by atoms with van der Waals surface area (Å²) in [6, 6.07) is 0. The number of ketones is 1. The smallest absolute Gasteiger partial charge is 0.364 e. The highest BCUT2D eigenvalue weighted by Crippen LogP contribution is 2.23. The van der Waals surface area contributed by atoms with Crippen LogP contribution in [0, 0.1) is 0 Å². The lowest BCUT2D eigenvalue weighted by Gasteiger charge is -2.28. The van der Waals surface area contributed by atoms with Gasteiger partial charge in [0.15, 0.2) is 6.10 Å². The van der Waals surface area contributed by atoms with E-state index in [1.54, 1.807) is 14.0 Å². The van der Waals surface area contributed by atoms with E-state index in [0.717, 1.165) is 25.7 Å². The number of methoxy groups -OCH3 is 1. The van der Waals surface area contributed by atoms with Gasteiger partial charge in [-0.05, 0) is 26.2 Å². The van der Waals surface area contributed by atoms with E-state index in [4.69, 9.17) is 14.3 Å². The number of hydrogen-bond donors (Lipinski definition) is 0. The van der Waals surface area contributed by atoms with Crippen LogP contribution in [0.4, 0.5) is 0 Å². The quantitative estimate of drug-likeness (QED) is 0.230. The summed E-state index contributed by atoms with van der Waals surface area (Å²) in [5.41, 5.74) is -0.316. The topological polar surface area (TPSA) is 74.2 Å². The summed E-state index contributed by atoms with van der Waals surface area (Å²) in [5.74, 6) is -1.23. The van der Waals surface area contributed by atoms with Crippen molar-refractivity contribution in [2.45, 2.75) is 44.8 Å². The maximum atomic E-state index is 11.7. The van der Waals surface area contributed by atoms with Crippen molar-refractivity contribution in [2.24, 2.45) is 5.16 Å². The van der Waals surface area contributed by atoms with Gasteiger partial charge >= 0.3 is 5.97 Å². The first-order valence-corrected chi connectivity index (χ1v) is 7.79. The van der Waals surface area contributed by atoms with Gasteiger partial charge in [-0.15, -0.1) is 0 Å². The Morgan fingerprint density at radius 3 is 2.45 bits per heavy atom. The second-order valence-electron chi connectivity index (χ2n) is 4.42. The Kier molecular flexibility index (Phi) is 7.76. The third-order valence-electron chi connectivity index (χ3n) is 3.08. The number of carbonyl (C=O) groups is 2. The molecule has 0 saturated heterocycles. The summed E-state index contributed by atoms with van der Waals surface area (Å²) in [6.45, 7) is 1.84. The molecule has 20 heavy (non-hydrogen) atoms. The fourth-order valence-electron chi connectivity index (χ4n) is 2.04. The first-order chi connectivity index (χ1) is 9.63. The second-order valence-corrected chi connectivity index (χ2v) is 4.98. The van der Waals surface area contributed by atoms with Gasteiger partial charge in [0.1, 0.15) is 0 Å². The zero-order valence-electron chi connectivity index (χ0n) is 11.8. The van der Waals surface area contributed by atoms with E-state index >= 15 is 0 Å². The number of hydrogen-bond acceptors (Lipinski definition) is 6. The number of nitrogens with zero attached hydrogens (tertiary/aromatic N) is 1. The molecule has 7 heteroatoms. The van der Waals surface area contributed by atoms with Crippen molar-refractivity contribution in [2.75, 3.05) is 19.0 Å². The predicted octanol–water partition coefficient (Wildman–Crippen LogP) is 1.84. The van der Waals surface area contributed by atoms with Crippen molar-refractivity contribution in [3.8, 4) is 0 Å². The van der Waals surface area contributed by atoms with E-state index in [9.17, 15) is 9.59 Å². The molecule has 0 aromatic rings. The number of alkyl halides is 1. The predicted molar refractivity (Wildman–Crippen MR) is 77.0 cm³/mol. The summed E-state index contributed by atoms with van der Waals surface area (Å²) in [5, 5.41) is 3.71. The van der Waals surface area contributed by atoms with Crippen molar-refractivity contribution in [1.29, 1.82) is 0 Å². The third kappa shape index (κ3) is 4.86. The van der Waals surface area contributed by atoms with Gasteiger partial charge in [-0.25, -0.2) is 4.79 Å².